The maximum atomic E-state index is 11.4. The normalized spacial score (nSPS) is 9.88. The number of hydrazine groups is 1. The lowest BCUT2D eigenvalue weighted by molar-refractivity contribution is 0.0526. The number of hydrogen-bond donors (Lipinski definition) is 3. The Hall–Kier alpha value is -1.79. The molecule has 0 bridgehead atoms. The van der Waals surface area contributed by atoms with E-state index in [1.54, 1.807) is 19.1 Å². The van der Waals surface area contributed by atoms with Crippen molar-refractivity contribution in [2.45, 2.75) is 6.92 Å². The van der Waals surface area contributed by atoms with Crippen molar-refractivity contribution in [1.82, 2.24) is 5.59 Å². The minimum atomic E-state index is -0.388. The van der Waals surface area contributed by atoms with Gasteiger partial charge >= 0.3 is 5.97 Å². The van der Waals surface area contributed by atoms with E-state index in [0.29, 0.717) is 23.5 Å². The third-order valence-electron chi connectivity index (χ3n) is 1.85. The number of nitrogens with one attached hydrogen (secondary N) is 2. The van der Waals surface area contributed by atoms with Gasteiger partial charge in [-0.3, -0.25) is 10.3 Å². The fraction of sp³-hybridized carbons (Fsp3) is 0.300. The standard InChI is InChI=1S/C10H15N3O3/c1-3-16-10(14)7-4-5-9(8(11)6-7)12-13-15-2/h4-6,12-13H,3,11H2,1-2H3. The van der Waals surface area contributed by atoms with E-state index < -0.39 is 0 Å². The van der Waals surface area contributed by atoms with Gasteiger partial charge in [0.15, 0.2) is 0 Å². The summed E-state index contributed by atoms with van der Waals surface area (Å²) in [5, 5.41) is 0. The van der Waals surface area contributed by atoms with Crippen LogP contribution in [0.2, 0.25) is 0 Å². The molecule has 0 aromatic heterocycles. The Morgan fingerprint density at radius 2 is 2.25 bits per heavy atom. The lowest BCUT2D eigenvalue weighted by Gasteiger charge is -2.10. The van der Waals surface area contributed by atoms with Gasteiger partial charge in [0, 0.05) is 0 Å². The Morgan fingerprint density at radius 3 is 2.81 bits per heavy atom. The molecule has 0 saturated carbocycles. The van der Waals surface area contributed by atoms with Crippen LogP contribution in [-0.2, 0) is 9.57 Å². The molecular weight excluding hydrogens is 210 g/mol. The summed E-state index contributed by atoms with van der Waals surface area (Å²) in [7, 11) is 1.47. The van der Waals surface area contributed by atoms with Crippen molar-refractivity contribution >= 4 is 17.3 Å². The van der Waals surface area contributed by atoms with Crippen LogP contribution >= 0.6 is 0 Å². The number of carbonyl (C=O) groups is 1. The molecule has 0 fully saturated rings. The summed E-state index contributed by atoms with van der Waals surface area (Å²) in [4.78, 5) is 16.0. The first-order chi connectivity index (χ1) is 7.69. The number of rotatable bonds is 5. The van der Waals surface area contributed by atoms with E-state index in [2.05, 4.69) is 15.9 Å². The number of benzene rings is 1. The molecular formula is C10H15N3O3. The highest BCUT2D eigenvalue weighted by atomic mass is 16.7. The molecule has 0 radical (unpaired) electrons. The smallest absolute Gasteiger partial charge is 0.338 e. The monoisotopic (exact) mass is 225 g/mol. The van der Waals surface area contributed by atoms with Crippen LogP contribution in [0.1, 0.15) is 17.3 Å². The van der Waals surface area contributed by atoms with Crippen LogP contribution in [0.5, 0.6) is 0 Å². The number of ether oxygens (including phenoxy) is 1. The molecule has 0 aliphatic rings. The predicted molar refractivity (Wildman–Crippen MR) is 60.6 cm³/mol. The number of nitrogens with two attached hydrogens (primary N) is 1. The summed E-state index contributed by atoms with van der Waals surface area (Å²) >= 11 is 0. The van der Waals surface area contributed by atoms with Crippen LogP contribution in [0.3, 0.4) is 0 Å². The maximum Gasteiger partial charge on any atom is 0.338 e. The Morgan fingerprint density at radius 1 is 1.50 bits per heavy atom. The Kier molecular flexibility index (Phi) is 4.56. The third-order valence-corrected chi connectivity index (χ3v) is 1.85. The van der Waals surface area contributed by atoms with Gasteiger partial charge in [-0.25, -0.2) is 4.79 Å². The number of hydrogen-bond acceptors (Lipinski definition) is 6. The number of carbonyl (C=O) groups excluding carboxylic acids is 1. The van der Waals surface area contributed by atoms with Gasteiger partial charge in [0.25, 0.3) is 0 Å². The summed E-state index contributed by atoms with van der Waals surface area (Å²) in [5.41, 5.74) is 12.3. The van der Waals surface area contributed by atoms with Crippen molar-refractivity contribution in [3.63, 3.8) is 0 Å². The highest BCUT2D eigenvalue weighted by Gasteiger charge is 2.08. The minimum Gasteiger partial charge on any atom is -0.462 e. The molecule has 4 N–H and O–H groups in total. The maximum absolute atomic E-state index is 11.4. The van der Waals surface area contributed by atoms with Crippen molar-refractivity contribution in [2.24, 2.45) is 0 Å². The molecule has 0 aliphatic carbocycles. The second kappa shape index (κ2) is 5.94. The van der Waals surface area contributed by atoms with Crippen molar-refractivity contribution in [2.75, 3.05) is 24.9 Å². The molecule has 0 aliphatic heterocycles. The molecule has 0 heterocycles. The summed E-state index contributed by atoms with van der Waals surface area (Å²) in [6, 6.07) is 4.82. The number of nitrogen functional groups attached to an aromatic ring is 1. The third kappa shape index (κ3) is 3.11. The van der Waals surface area contributed by atoms with Crippen LogP contribution in [0.25, 0.3) is 0 Å². The zero-order chi connectivity index (χ0) is 12.0. The average molecular weight is 225 g/mol. The van der Waals surface area contributed by atoms with Gasteiger partial charge in [-0.1, -0.05) is 0 Å². The van der Waals surface area contributed by atoms with Crippen LogP contribution in [-0.4, -0.2) is 19.7 Å². The minimum absolute atomic E-state index is 0.337. The molecule has 0 saturated heterocycles. The highest BCUT2D eigenvalue weighted by molar-refractivity contribution is 5.91. The van der Waals surface area contributed by atoms with Gasteiger partial charge in [0.1, 0.15) is 0 Å². The predicted octanol–water partition coefficient (Wildman–Crippen LogP) is 0.923. The van der Waals surface area contributed by atoms with Crippen LogP contribution in [0.15, 0.2) is 18.2 Å². The van der Waals surface area contributed by atoms with Crippen molar-refractivity contribution in [1.29, 1.82) is 0 Å². The lowest BCUT2D eigenvalue weighted by atomic mass is 10.2. The molecule has 1 aromatic rings. The van der Waals surface area contributed by atoms with Crippen LogP contribution in [0.4, 0.5) is 11.4 Å². The van der Waals surface area contributed by atoms with Gasteiger partial charge in [0.2, 0.25) is 0 Å². The highest BCUT2D eigenvalue weighted by Crippen LogP contribution is 2.19. The Balaban J connectivity index is 2.78. The van der Waals surface area contributed by atoms with Crippen molar-refractivity contribution < 1.29 is 14.4 Å². The van der Waals surface area contributed by atoms with E-state index in [1.807, 2.05) is 0 Å². The quantitative estimate of drug-likeness (QED) is 0.392. The molecule has 0 amide bonds. The van der Waals surface area contributed by atoms with Gasteiger partial charge in [0.05, 0.1) is 30.7 Å². The molecule has 6 heteroatoms. The lowest BCUT2D eigenvalue weighted by Crippen LogP contribution is -2.20. The number of esters is 1. The van der Waals surface area contributed by atoms with Crippen LogP contribution in [0, 0.1) is 0 Å². The van der Waals surface area contributed by atoms with Crippen molar-refractivity contribution in [3.8, 4) is 0 Å². The zero-order valence-corrected chi connectivity index (χ0v) is 9.24. The van der Waals surface area contributed by atoms with E-state index in [-0.39, 0.29) is 5.97 Å². The molecule has 1 aromatic carbocycles. The fourth-order valence-electron chi connectivity index (χ4n) is 1.12. The first kappa shape index (κ1) is 12.3. The summed E-state index contributed by atoms with van der Waals surface area (Å²) in [5.74, 6) is -0.388. The molecule has 0 atom stereocenters. The van der Waals surface area contributed by atoms with Crippen molar-refractivity contribution in [3.05, 3.63) is 23.8 Å². The van der Waals surface area contributed by atoms with Gasteiger partial charge in [-0.05, 0) is 25.1 Å². The molecule has 0 spiro atoms. The Labute approximate surface area is 93.6 Å². The van der Waals surface area contributed by atoms with Gasteiger partial charge in [-0.2, -0.15) is 0 Å². The summed E-state index contributed by atoms with van der Waals surface area (Å²) in [6.07, 6.45) is 0. The molecule has 6 nitrogen and oxygen atoms in total. The first-order valence-corrected chi connectivity index (χ1v) is 4.79. The molecule has 0 unspecified atom stereocenters. The SMILES string of the molecule is CCOC(=O)c1ccc(NNOC)c(N)c1. The van der Waals surface area contributed by atoms with E-state index in [0.717, 1.165) is 0 Å². The Bertz CT molecular complexity index is 368. The summed E-state index contributed by atoms with van der Waals surface area (Å²) in [6.45, 7) is 2.09. The molecule has 1 rings (SSSR count). The molecule has 16 heavy (non-hydrogen) atoms. The average Bonchev–Trinajstić information content (AvgIpc) is 2.27. The van der Waals surface area contributed by atoms with Crippen LogP contribution < -0.4 is 16.7 Å². The second-order valence-electron chi connectivity index (χ2n) is 2.95. The second-order valence-corrected chi connectivity index (χ2v) is 2.95. The van der Waals surface area contributed by atoms with Gasteiger partial charge in [-0.15, -0.1) is 5.59 Å². The number of anilines is 2. The zero-order valence-electron chi connectivity index (χ0n) is 9.24. The molecule has 88 valence electrons. The first-order valence-electron chi connectivity index (χ1n) is 4.79. The van der Waals surface area contributed by atoms with E-state index >= 15 is 0 Å². The van der Waals surface area contributed by atoms with Gasteiger partial charge < -0.3 is 10.5 Å². The summed E-state index contributed by atoms with van der Waals surface area (Å²) < 4.78 is 4.85. The van der Waals surface area contributed by atoms with E-state index in [1.165, 1.54) is 13.2 Å². The topological polar surface area (TPSA) is 85.6 Å². The largest absolute Gasteiger partial charge is 0.462 e. The van der Waals surface area contributed by atoms with E-state index in [4.69, 9.17) is 10.5 Å². The fourth-order valence-corrected chi connectivity index (χ4v) is 1.12. The van der Waals surface area contributed by atoms with E-state index in [9.17, 15) is 4.79 Å².